The largest absolute Gasteiger partial charge is 0.481 e. The van der Waals surface area contributed by atoms with Crippen LogP contribution in [0.4, 0.5) is 0 Å². The molecule has 0 fully saturated rings. The molecule has 0 aliphatic rings. The third-order valence-electron chi connectivity index (χ3n) is 3.33. The van der Waals surface area contributed by atoms with Crippen molar-refractivity contribution in [3.8, 4) is 0 Å². The molecule has 5 heteroatoms. The van der Waals surface area contributed by atoms with Gasteiger partial charge in [-0.05, 0) is 45.6 Å². The Bertz CT molecular complexity index is 282. The van der Waals surface area contributed by atoms with Gasteiger partial charge in [0, 0.05) is 12.5 Å². The van der Waals surface area contributed by atoms with Crippen LogP contribution in [-0.4, -0.2) is 35.6 Å². The summed E-state index contributed by atoms with van der Waals surface area (Å²) < 4.78 is 0. The summed E-state index contributed by atoms with van der Waals surface area (Å²) in [7, 11) is 0. The average molecular weight is 272 g/mol. The molecular weight excluding hydrogens is 244 g/mol. The number of amides is 1. The van der Waals surface area contributed by atoms with Gasteiger partial charge in [0.1, 0.15) is 0 Å². The highest BCUT2D eigenvalue weighted by atomic mass is 16.4. The molecule has 1 amide bonds. The summed E-state index contributed by atoms with van der Waals surface area (Å²) in [6.45, 7) is 8.63. The van der Waals surface area contributed by atoms with E-state index in [0.29, 0.717) is 12.3 Å². The molecule has 0 bridgehead atoms. The van der Waals surface area contributed by atoms with Crippen LogP contribution in [-0.2, 0) is 9.59 Å². The van der Waals surface area contributed by atoms with Crippen molar-refractivity contribution in [3.63, 3.8) is 0 Å². The maximum atomic E-state index is 11.8. The Kier molecular flexibility index (Phi) is 9.21. The van der Waals surface area contributed by atoms with E-state index in [1.54, 1.807) is 0 Å². The lowest BCUT2D eigenvalue weighted by molar-refractivity contribution is -0.137. The normalized spacial score (nSPS) is 15.6. The molecule has 3 atom stereocenters. The lowest BCUT2D eigenvalue weighted by Crippen LogP contribution is -2.45. The van der Waals surface area contributed by atoms with Crippen molar-refractivity contribution < 1.29 is 14.7 Å². The van der Waals surface area contributed by atoms with Gasteiger partial charge in [-0.3, -0.25) is 9.59 Å². The zero-order valence-corrected chi connectivity index (χ0v) is 12.5. The molecule has 0 saturated heterocycles. The van der Waals surface area contributed by atoms with Crippen LogP contribution < -0.4 is 10.6 Å². The second-order valence-electron chi connectivity index (χ2n) is 5.32. The minimum absolute atomic E-state index is 0.0209. The van der Waals surface area contributed by atoms with Gasteiger partial charge in [-0.25, -0.2) is 0 Å². The van der Waals surface area contributed by atoms with Crippen LogP contribution in [0, 0.1) is 5.92 Å². The quantitative estimate of drug-likeness (QED) is 0.566. The van der Waals surface area contributed by atoms with Crippen LogP contribution in [0.1, 0.15) is 53.4 Å². The van der Waals surface area contributed by atoms with Gasteiger partial charge in [-0.1, -0.05) is 13.8 Å². The zero-order valence-electron chi connectivity index (χ0n) is 12.5. The molecule has 0 aromatic rings. The van der Waals surface area contributed by atoms with Crippen molar-refractivity contribution in [3.05, 3.63) is 0 Å². The van der Waals surface area contributed by atoms with E-state index in [-0.39, 0.29) is 24.4 Å². The van der Waals surface area contributed by atoms with Crippen LogP contribution in [0.3, 0.4) is 0 Å². The van der Waals surface area contributed by atoms with E-state index in [4.69, 9.17) is 5.11 Å². The molecule has 3 unspecified atom stereocenters. The van der Waals surface area contributed by atoms with Crippen LogP contribution in [0.5, 0.6) is 0 Å². The molecule has 3 N–H and O–H groups in total. The lowest BCUT2D eigenvalue weighted by atomic mass is 10.0. The Morgan fingerprint density at radius 3 is 2.32 bits per heavy atom. The fourth-order valence-electron chi connectivity index (χ4n) is 1.62. The van der Waals surface area contributed by atoms with Gasteiger partial charge < -0.3 is 15.7 Å². The summed E-state index contributed by atoms with van der Waals surface area (Å²) in [5, 5.41) is 14.7. The molecule has 0 rings (SSSR count). The summed E-state index contributed by atoms with van der Waals surface area (Å²) >= 11 is 0. The molecule has 0 heterocycles. The fraction of sp³-hybridized carbons (Fsp3) is 0.857. The summed E-state index contributed by atoms with van der Waals surface area (Å²) in [4.78, 5) is 22.2. The molecule has 0 radical (unpaired) electrons. The number of aliphatic carboxylic acids is 1. The number of carboxylic acids is 1. The Morgan fingerprint density at radius 1 is 1.16 bits per heavy atom. The lowest BCUT2D eigenvalue weighted by Gasteiger charge is -2.18. The highest BCUT2D eigenvalue weighted by Crippen LogP contribution is 2.09. The third-order valence-corrected chi connectivity index (χ3v) is 3.33. The number of carboxylic acid groups (broad SMARTS) is 1. The molecule has 19 heavy (non-hydrogen) atoms. The molecule has 0 aliphatic carbocycles. The summed E-state index contributed by atoms with van der Waals surface area (Å²) in [5.74, 6) is -0.373. The summed E-state index contributed by atoms with van der Waals surface area (Å²) in [6.07, 6.45) is 2.70. The van der Waals surface area contributed by atoms with Gasteiger partial charge in [0.25, 0.3) is 0 Å². The summed E-state index contributed by atoms with van der Waals surface area (Å²) in [5.41, 5.74) is 0. The Hall–Kier alpha value is -1.10. The van der Waals surface area contributed by atoms with Gasteiger partial charge in [0.05, 0.1) is 6.04 Å². The van der Waals surface area contributed by atoms with Gasteiger partial charge in [0.15, 0.2) is 0 Å². The Balaban J connectivity index is 3.75. The van der Waals surface area contributed by atoms with Crippen LogP contribution >= 0.6 is 0 Å². The van der Waals surface area contributed by atoms with Gasteiger partial charge in [-0.2, -0.15) is 0 Å². The minimum Gasteiger partial charge on any atom is -0.481 e. The number of hydrogen-bond donors (Lipinski definition) is 3. The maximum Gasteiger partial charge on any atom is 0.303 e. The standard InChI is InChI=1S/C14H28N2O3/c1-5-11(3)16-14(19)12(4)15-9-8-10(2)6-7-13(17)18/h10-12,15H,5-9H2,1-4H3,(H,16,19)(H,17,18). The number of nitrogens with one attached hydrogen (secondary N) is 2. The first-order valence-corrected chi connectivity index (χ1v) is 7.12. The van der Waals surface area contributed by atoms with Crippen molar-refractivity contribution in [2.24, 2.45) is 5.92 Å². The molecule has 0 saturated carbocycles. The molecular formula is C14H28N2O3. The van der Waals surface area contributed by atoms with Crippen molar-refractivity contribution in [2.45, 2.75) is 65.5 Å². The molecule has 0 aromatic carbocycles. The Labute approximate surface area is 116 Å². The highest BCUT2D eigenvalue weighted by Gasteiger charge is 2.14. The second kappa shape index (κ2) is 9.78. The molecule has 112 valence electrons. The van der Waals surface area contributed by atoms with E-state index in [1.165, 1.54) is 0 Å². The van der Waals surface area contributed by atoms with E-state index >= 15 is 0 Å². The average Bonchev–Trinajstić information content (AvgIpc) is 2.35. The highest BCUT2D eigenvalue weighted by molar-refractivity contribution is 5.81. The van der Waals surface area contributed by atoms with Crippen molar-refractivity contribution in [1.29, 1.82) is 0 Å². The number of rotatable bonds is 10. The van der Waals surface area contributed by atoms with Gasteiger partial charge in [0.2, 0.25) is 5.91 Å². The predicted molar refractivity (Wildman–Crippen MR) is 76.0 cm³/mol. The van der Waals surface area contributed by atoms with Gasteiger partial charge >= 0.3 is 5.97 Å². The monoisotopic (exact) mass is 272 g/mol. The SMILES string of the molecule is CCC(C)NC(=O)C(C)NCCC(C)CCC(=O)O. The second-order valence-corrected chi connectivity index (χ2v) is 5.32. The van der Waals surface area contributed by atoms with Gasteiger partial charge in [-0.15, -0.1) is 0 Å². The predicted octanol–water partition coefficient (Wildman–Crippen LogP) is 1.77. The molecule has 5 nitrogen and oxygen atoms in total. The van der Waals surface area contributed by atoms with Crippen molar-refractivity contribution in [1.82, 2.24) is 10.6 Å². The number of carbonyl (C=O) groups is 2. The number of hydrogen-bond acceptors (Lipinski definition) is 3. The molecule has 0 aromatic heterocycles. The van der Waals surface area contributed by atoms with E-state index < -0.39 is 5.97 Å². The first-order valence-electron chi connectivity index (χ1n) is 7.12. The first kappa shape index (κ1) is 17.9. The fourth-order valence-corrected chi connectivity index (χ4v) is 1.62. The topological polar surface area (TPSA) is 78.4 Å². The van der Waals surface area contributed by atoms with E-state index in [0.717, 1.165) is 19.4 Å². The van der Waals surface area contributed by atoms with E-state index in [9.17, 15) is 9.59 Å². The van der Waals surface area contributed by atoms with Crippen molar-refractivity contribution in [2.75, 3.05) is 6.54 Å². The van der Waals surface area contributed by atoms with Crippen LogP contribution in [0.2, 0.25) is 0 Å². The van der Waals surface area contributed by atoms with Crippen LogP contribution in [0.25, 0.3) is 0 Å². The van der Waals surface area contributed by atoms with Crippen LogP contribution in [0.15, 0.2) is 0 Å². The maximum absolute atomic E-state index is 11.8. The number of carbonyl (C=O) groups excluding carboxylic acids is 1. The first-order chi connectivity index (χ1) is 8.86. The van der Waals surface area contributed by atoms with Crippen molar-refractivity contribution >= 4 is 11.9 Å². The summed E-state index contributed by atoms with van der Waals surface area (Å²) in [6, 6.07) is -0.00749. The zero-order chi connectivity index (χ0) is 14.8. The van der Waals surface area contributed by atoms with E-state index in [2.05, 4.69) is 10.6 Å². The smallest absolute Gasteiger partial charge is 0.303 e. The molecule has 0 spiro atoms. The Morgan fingerprint density at radius 2 is 1.79 bits per heavy atom. The minimum atomic E-state index is -0.749. The van der Waals surface area contributed by atoms with E-state index in [1.807, 2.05) is 27.7 Å². The third kappa shape index (κ3) is 9.47. The molecule has 0 aliphatic heterocycles.